The van der Waals surface area contributed by atoms with Crippen molar-refractivity contribution in [3.05, 3.63) is 17.7 Å². The molecule has 0 saturated carbocycles. The van der Waals surface area contributed by atoms with Gasteiger partial charge in [-0.25, -0.2) is 9.28 Å². The molecular formula is C19H29ClN5O4+. The minimum Gasteiger partial charge on any atom is -0.493 e. The number of rotatable bonds is 4. The number of amides is 1. The molecule has 10 heteroatoms. The molecule has 0 aromatic heterocycles. The van der Waals surface area contributed by atoms with Crippen LogP contribution in [0.1, 0.15) is 18.4 Å². The maximum absolute atomic E-state index is 13.7. The van der Waals surface area contributed by atoms with Crippen LogP contribution in [0, 0.1) is 0 Å². The van der Waals surface area contributed by atoms with Crippen LogP contribution < -0.4 is 25.8 Å². The summed E-state index contributed by atoms with van der Waals surface area (Å²) in [6.45, 7) is 3.06. The third-order valence-corrected chi connectivity index (χ3v) is 6.02. The third kappa shape index (κ3) is 3.36. The number of hydrogen-bond donors (Lipinski definition) is 3. The van der Waals surface area contributed by atoms with E-state index in [1.54, 1.807) is 20.6 Å². The zero-order chi connectivity index (χ0) is 19.8. The Morgan fingerprint density at radius 1 is 1.28 bits per heavy atom. The largest absolute Gasteiger partial charge is 0.493 e. The molecule has 0 aliphatic carbocycles. The molecule has 160 valence electrons. The van der Waals surface area contributed by atoms with Crippen molar-refractivity contribution in [1.29, 1.82) is 0 Å². The summed E-state index contributed by atoms with van der Waals surface area (Å²) in [5, 5.41) is 6.46. The van der Waals surface area contributed by atoms with Crippen LogP contribution in [0.3, 0.4) is 0 Å². The molecule has 3 aliphatic heterocycles. The summed E-state index contributed by atoms with van der Waals surface area (Å²) in [5.74, 6) is -0.136. The summed E-state index contributed by atoms with van der Waals surface area (Å²) in [5.41, 5.74) is 8.46. The molecule has 29 heavy (non-hydrogen) atoms. The van der Waals surface area contributed by atoms with E-state index in [9.17, 15) is 4.79 Å². The number of ether oxygens (including phenoxy) is 3. The van der Waals surface area contributed by atoms with E-state index in [4.69, 9.17) is 19.9 Å². The Morgan fingerprint density at radius 2 is 1.97 bits per heavy atom. The van der Waals surface area contributed by atoms with Crippen molar-refractivity contribution in [1.82, 2.24) is 5.32 Å². The number of carbonyl (C=O) groups excluding carboxylic acids is 1. The summed E-state index contributed by atoms with van der Waals surface area (Å²) in [4.78, 5) is 18.3. The highest BCUT2D eigenvalue weighted by molar-refractivity contribution is 5.85. The Bertz CT molecular complexity index is 793. The van der Waals surface area contributed by atoms with Crippen molar-refractivity contribution in [2.45, 2.75) is 24.7 Å². The number of benzene rings is 1. The Labute approximate surface area is 176 Å². The number of nitrogens with two attached hydrogens (primary N) is 1. The highest BCUT2D eigenvalue weighted by Gasteiger charge is 2.59. The molecule has 2 saturated heterocycles. The van der Waals surface area contributed by atoms with Gasteiger partial charge in [-0.15, -0.1) is 12.4 Å². The van der Waals surface area contributed by atoms with Crippen LogP contribution in [-0.4, -0.2) is 69.8 Å². The lowest BCUT2D eigenvalue weighted by atomic mass is 9.96. The van der Waals surface area contributed by atoms with E-state index in [1.165, 1.54) is 0 Å². The van der Waals surface area contributed by atoms with Gasteiger partial charge in [0.1, 0.15) is 13.1 Å². The number of methoxy groups -OCH3 is 2. The summed E-state index contributed by atoms with van der Waals surface area (Å²) < 4.78 is 16.7. The second kappa shape index (κ2) is 8.45. The fraction of sp³-hybridized carbons (Fsp3) is 0.579. The maximum atomic E-state index is 13.7. The zero-order valence-corrected chi connectivity index (χ0v) is 17.6. The number of quaternary nitrogens is 1. The molecule has 3 aliphatic rings. The van der Waals surface area contributed by atoms with Gasteiger partial charge in [-0.3, -0.25) is 5.73 Å². The van der Waals surface area contributed by atoms with Gasteiger partial charge in [-0.1, -0.05) is 0 Å². The van der Waals surface area contributed by atoms with Gasteiger partial charge in [0.05, 0.1) is 31.8 Å². The van der Waals surface area contributed by atoms with Crippen molar-refractivity contribution in [2.75, 3.05) is 52.3 Å². The lowest BCUT2D eigenvalue weighted by Crippen LogP contribution is -2.75. The van der Waals surface area contributed by atoms with E-state index < -0.39 is 11.9 Å². The summed E-state index contributed by atoms with van der Waals surface area (Å²) in [7, 11) is 3.16. The molecule has 9 nitrogen and oxygen atoms in total. The summed E-state index contributed by atoms with van der Waals surface area (Å²) in [6.07, 6.45) is 2.74. The van der Waals surface area contributed by atoms with Crippen LogP contribution in [-0.2, 0) is 15.3 Å². The predicted molar refractivity (Wildman–Crippen MR) is 112 cm³/mol. The third-order valence-electron chi connectivity index (χ3n) is 6.02. The molecular weight excluding hydrogens is 398 g/mol. The van der Waals surface area contributed by atoms with Crippen LogP contribution >= 0.6 is 12.4 Å². The Kier molecular flexibility index (Phi) is 6.35. The molecule has 4 N–H and O–H groups in total. The minimum atomic E-state index is -1.27. The first kappa shape index (κ1) is 21.8. The second-order valence-corrected chi connectivity index (χ2v) is 7.39. The monoisotopic (exact) mass is 426 g/mol. The van der Waals surface area contributed by atoms with Gasteiger partial charge in [-0.2, -0.15) is 4.99 Å². The molecule has 2 fully saturated rings. The Morgan fingerprint density at radius 3 is 2.59 bits per heavy atom. The van der Waals surface area contributed by atoms with E-state index in [0.29, 0.717) is 49.8 Å². The lowest BCUT2D eigenvalue weighted by molar-refractivity contribution is -0.917. The van der Waals surface area contributed by atoms with Gasteiger partial charge in [0.25, 0.3) is 5.79 Å². The fourth-order valence-corrected chi connectivity index (χ4v) is 4.47. The van der Waals surface area contributed by atoms with Crippen molar-refractivity contribution >= 4 is 30.3 Å². The minimum absolute atomic E-state index is 0. The lowest BCUT2D eigenvalue weighted by Gasteiger charge is -2.50. The van der Waals surface area contributed by atoms with Crippen LogP contribution in [0.2, 0.25) is 0 Å². The van der Waals surface area contributed by atoms with Crippen LogP contribution in [0.15, 0.2) is 17.1 Å². The van der Waals surface area contributed by atoms with E-state index in [0.717, 1.165) is 18.5 Å². The topological polar surface area (TPSA) is 107 Å². The van der Waals surface area contributed by atoms with Gasteiger partial charge in [-0.05, 0) is 18.9 Å². The maximum Gasteiger partial charge on any atom is 0.346 e. The van der Waals surface area contributed by atoms with Gasteiger partial charge >= 0.3 is 5.91 Å². The average molecular weight is 427 g/mol. The van der Waals surface area contributed by atoms with Crippen molar-refractivity contribution < 1.29 is 23.5 Å². The SMILES string of the molecule is COc1cc2c(cc1OC)C(N)([N+]1(C(=O)C3CCCO3)CCNCC1)N=CN2.Cl. The zero-order valence-electron chi connectivity index (χ0n) is 16.8. The van der Waals surface area contributed by atoms with Crippen LogP contribution in [0.5, 0.6) is 11.5 Å². The number of nitrogens with zero attached hydrogens (tertiary/aromatic N) is 2. The first-order valence-electron chi connectivity index (χ1n) is 9.65. The van der Waals surface area contributed by atoms with Gasteiger partial charge < -0.3 is 24.8 Å². The molecule has 0 spiro atoms. The molecule has 1 aromatic carbocycles. The molecule has 2 atom stereocenters. The number of fused-ring (bicyclic) bond motifs is 1. The molecule has 0 bridgehead atoms. The van der Waals surface area contributed by atoms with Gasteiger partial charge in [0.2, 0.25) is 0 Å². The first-order valence-corrected chi connectivity index (χ1v) is 9.65. The van der Waals surface area contributed by atoms with Crippen LogP contribution in [0.25, 0.3) is 0 Å². The van der Waals surface area contributed by atoms with Crippen LogP contribution in [0.4, 0.5) is 5.69 Å². The summed E-state index contributed by atoms with van der Waals surface area (Å²) >= 11 is 0. The summed E-state index contributed by atoms with van der Waals surface area (Å²) in [6, 6.07) is 3.65. The average Bonchev–Trinajstić information content (AvgIpc) is 3.27. The number of halogens is 1. The molecule has 3 heterocycles. The number of piperazine rings is 1. The quantitative estimate of drug-likeness (QED) is 0.610. The number of anilines is 1. The number of aliphatic imine (C=N–C) groups is 1. The number of nitrogens with one attached hydrogen (secondary N) is 2. The van der Waals surface area contributed by atoms with Gasteiger partial charge in [0, 0.05) is 25.8 Å². The van der Waals surface area contributed by atoms with Crippen molar-refractivity contribution in [3.8, 4) is 11.5 Å². The number of carbonyl (C=O) groups is 1. The molecule has 4 rings (SSSR count). The smallest absolute Gasteiger partial charge is 0.346 e. The normalized spacial score (nSPS) is 27.3. The Balaban J connectivity index is 0.00000240. The Hall–Kier alpha value is -1.91. The first-order chi connectivity index (χ1) is 13.6. The molecule has 2 unspecified atom stereocenters. The van der Waals surface area contributed by atoms with E-state index in [2.05, 4.69) is 15.6 Å². The number of hydrogen-bond acceptors (Lipinski definition) is 8. The van der Waals surface area contributed by atoms with E-state index in [1.807, 2.05) is 12.1 Å². The van der Waals surface area contributed by atoms with E-state index >= 15 is 0 Å². The van der Waals surface area contributed by atoms with Gasteiger partial charge in [0.15, 0.2) is 17.6 Å². The highest BCUT2D eigenvalue weighted by atomic mass is 35.5. The molecule has 0 radical (unpaired) electrons. The second-order valence-electron chi connectivity index (χ2n) is 7.39. The predicted octanol–water partition coefficient (Wildman–Crippen LogP) is 0.774. The van der Waals surface area contributed by atoms with Crippen molar-refractivity contribution in [3.63, 3.8) is 0 Å². The molecule has 1 amide bonds. The highest BCUT2D eigenvalue weighted by Crippen LogP contribution is 2.44. The van der Waals surface area contributed by atoms with E-state index in [-0.39, 0.29) is 22.8 Å². The fourth-order valence-electron chi connectivity index (χ4n) is 4.47. The molecule has 1 aromatic rings. The van der Waals surface area contributed by atoms with Crippen molar-refractivity contribution in [2.24, 2.45) is 10.7 Å². The standard InChI is InChI=1S/C19H28N5O4.ClH/c1-26-16-10-13-14(11-17(16)27-2)22-12-23-19(13,20)24(7-5-21-6-8-24)18(25)15-4-3-9-28-15;/h10-12,15,21H,3-9,20H2,1-2H3,(H,22,23);1H/q+1;.